The molecule has 0 aliphatic heterocycles. The van der Waals surface area contributed by atoms with Crippen molar-refractivity contribution in [3.8, 4) is 5.69 Å². The van der Waals surface area contributed by atoms with E-state index in [1.165, 1.54) is 22.9 Å². The highest BCUT2D eigenvalue weighted by Gasteiger charge is 2.34. The van der Waals surface area contributed by atoms with Crippen LogP contribution in [0.1, 0.15) is 28.4 Å². The maximum Gasteiger partial charge on any atom is 0.416 e. The van der Waals surface area contributed by atoms with Gasteiger partial charge in [-0.2, -0.15) is 17.9 Å². The van der Waals surface area contributed by atoms with Crippen LogP contribution in [0.5, 0.6) is 0 Å². The minimum absolute atomic E-state index is 0.0155. The molecule has 1 atom stereocenters. The van der Waals surface area contributed by atoms with E-state index in [-0.39, 0.29) is 11.3 Å². The third-order valence-electron chi connectivity index (χ3n) is 4.02. The number of aliphatic hydroxyl groups is 1. The molecule has 9 heteroatoms. The number of nitrogens with zero attached hydrogens (tertiary/aromatic N) is 4. The molecular weight excluding hydrogens is 377 g/mol. The quantitative estimate of drug-likeness (QED) is 0.660. The standard InChI is InChI=1S/C18H17F3N4OS/c1-11-7-8-15(12(2)9-11)25-17(22-23-24-25)27-10-16(26)13-5-3-4-6-14(13)18(19,20)21/h3-9,16,26H,10H2,1-2H3/t16-/m0/s1. The maximum absolute atomic E-state index is 13.1. The molecule has 0 amide bonds. The van der Waals surface area contributed by atoms with Crippen LogP contribution >= 0.6 is 11.8 Å². The fourth-order valence-electron chi connectivity index (χ4n) is 2.75. The van der Waals surface area contributed by atoms with Gasteiger partial charge in [-0.3, -0.25) is 0 Å². The van der Waals surface area contributed by atoms with E-state index in [0.717, 1.165) is 34.6 Å². The van der Waals surface area contributed by atoms with Gasteiger partial charge < -0.3 is 5.11 Å². The van der Waals surface area contributed by atoms with Gasteiger partial charge in [-0.15, -0.1) is 5.10 Å². The van der Waals surface area contributed by atoms with Gasteiger partial charge in [-0.05, 0) is 47.5 Å². The number of aromatic nitrogens is 4. The van der Waals surface area contributed by atoms with Crippen LogP contribution in [-0.4, -0.2) is 31.1 Å². The van der Waals surface area contributed by atoms with E-state index in [9.17, 15) is 18.3 Å². The monoisotopic (exact) mass is 394 g/mol. The van der Waals surface area contributed by atoms with Crippen LogP contribution in [0.15, 0.2) is 47.6 Å². The summed E-state index contributed by atoms with van der Waals surface area (Å²) in [7, 11) is 0. The van der Waals surface area contributed by atoms with Gasteiger partial charge in [-0.25, -0.2) is 0 Å². The molecule has 1 heterocycles. The van der Waals surface area contributed by atoms with Gasteiger partial charge in [0, 0.05) is 5.75 Å². The van der Waals surface area contributed by atoms with Crippen LogP contribution < -0.4 is 0 Å². The van der Waals surface area contributed by atoms with Gasteiger partial charge in [-0.1, -0.05) is 47.7 Å². The summed E-state index contributed by atoms with van der Waals surface area (Å²) in [6.07, 6.45) is -5.83. The summed E-state index contributed by atoms with van der Waals surface area (Å²) in [6, 6.07) is 10.8. The summed E-state index contributed by atoms with van der Waals surface area (Å²) in [5.41, 5.74) is 1.83. The Kier molecular flexibility index (Phi) is 5.52. The van der Waals surface area contributed by atoms with Crippen molar-refractivity contribution >= 4 is 11.8 Å². The SMILES string of the molecule is Cc1ccc(-n2nnnc2SC[C@H](O)c2ccccc2C(F)(F)F)c(C)c1. The Bertz CT molecular complexity index is 942. The number of aryl methyl sites for hydroxylation is 2. The molecule has 142 valence electrons. The Balaban J connectivity index is 1.80. The molecule has 0 saturated carbocycles. The highest BCUT2D eigenvalue weighted by atomic mass is 32.2. The van der Waals surface area contributed by atoms with Crippen molar-refractivity contribution < 1.29 is 18.3 Å². The number of rotatable bonds is 5. The van der Waals surface area contributed by atoms with Crippen molar-refractivity contribution in [1.29, 1.82) is 0 Å². The van der Waals surface area contributed by atoms with E-state index in [1.54, 1.807) is 0 Å². The zero-order valence-electron chi connectivity index (χ0n) is 14.6. The Morgan fingerprint density at radius 3 is 2.59 bits per heavy atom. The van der Waals surface area contributed by atoms with Gasteiger partial charge in [0.05, 0.1) is 17.4 Å². The van der Waals surface area contributed by atoms with Crippen LogP contribution in [0, 0.1) is 13.8 Å². The smallest absolute Gasteiger partial charge is 0.388 e. The lowest BCUT2D eigenvalue weighted by Crippen LogP contribution is -2.13. The first kappa shape index (κ1) is 19.4. The van der Waals surface area contributed by atoms with Crippen LogP contribution in [0.3, 0.4) is 0 Å². The highest BCUT2D eigenvalue weighted by molar-refractivity contribution is 7.99. The zero-order chi connectivity index (χ0) is 19.6. The van der Waals surface area contributed by atoms with E-state index in [2.05, 4.69) is 15.5 Å². The second-order valence-corrected chi connectivity index (χ2v) is 7.06. The summed E-state index contributed by atoms with van der Waals surface area (Å²) >= 11 is 1.09. The number of benzene rings is 2. The molecule has 2 aromatic carbocycles. The van der Waals surface area contributed by atoms with Crippen molar-refractivity contribution in [2.45, 2.75) is 31.3 Å². The van der Waals surface area contributed by atoms with Crippen molar-refractivity contribution in [2.75, 3.05) is 5.75 Å². The van der Waals surface area contributed by atoms with Gasteiger partial charge in [0.15, 0.2) is 0 Å². The average molecular weight is 394 g/mol. The Labute approximate surface area is 158 Å². The molecule has 1 aromatic heterocycles. The summed E-state index contributed by atoms with van der Waals surface area (Å²) in [4.78, 5) is 0. The van der Waals surface area contributed by atoms with E-state index in [4.69, 9.17) is 0 Å². The number of aliphatic hydroxyl groups excluding tert-OH is 1. The summed E-state index contributed by atoms with van der Waals surface area (Å²) in [5.74, 6) is -0.0155. The molecule has 0 saturated heterocycles. The number of halogens is 3. The highest BCUT2D eigenvalue weighted by Crippen LogP contribution is 2.36. The Morgan fingerprint density at radius 1 is 1.15 bits per heavy atom. The molecule has 0 aliphatic rings. The fraction of sp³-hybridized carbons (Fsp3) is 0.278. The first-order valence-corrected chi connectivity index (χ1v) is 9.09. The minimum Gasteiger partial charge on any atom is -0.388 e. The first-order valence-electron chi connectivity index (χ1n) is 8.10. The van der Waals surface area contributed by atoms with E-state index in [1.807, 2.05) is 32.0 Å². The lowest BCUT2D eigenvalue weighted by atomic mass is 10.0. The second-order valence-electron chi connectivity index (χ2n) is 6.08. The topological polar surface area (TPSA) is 63.8 Å². The number of hydrogen-bond donors (Lipinski definition) is 1. The fourth-order valence-corrected chi connectivity index (χ4v) is 3.59. The van der Waals surface area contributed by atoms with Crippen molar-refractivity contribution in [3.05, 3.63) is 64.7 Å². The van der Waals surface area contributed by atoms with Crippen LogP contribution in [0.2, 0.25) is 0 Å². The van der Waals surface area contributed by atoms with E-state index >= 15 is 0 Å². The predicted octanol–water partition coefficient (Wildman–Crippen LogP) is 4.12. The van der Waals surface area contributed by atoms with Crippen molar-refractivity contribution in [2.24, 2.45) is 0 Å². The van der Waals surface area contributed by atoms with Crippen LogP contribution in [0.25, 0.3) is 5.69 Å². The molecule has 0 radical (unpaired) electrons. The van der Waals surface area contributed by atoms with Gasteiger partial charge in [0.25, 0.3) is 0 Å². The normalized spacial score (nSPS) is 13.0. The number of alkyl halides is 3. The largest absolute Gasteiger partial charge is 0.416 e. The maximum atomic E-state index is 13.1. The molecule has 0 bridgehead atoms. The Morgan fingerprint density at radius 2 is 1.89 bits per heavy atom. The van der Waals surface area contributed by atoms with Gasteiger partial charge in [0.1, 0.15) is 0 Å². The van der Waals surface area contributed by atoms with Crippen LogP contribution in [0.4, 0.5) is 13.2 Å². The van der Waals surface area contributed by atoms with E-state index in [0.29, 0.717) is 5.16 Å². The third kappa shape index (κ3) is 4.30. The molecule has 0 unspecified atom stereocenters. The summed E-state index contributed by atoms with van der Waals surface area (Å²) in [5, 5.41) is 22.2. The van der Waals surface area contributed by atoms with Gasteiger partial charge >= 0.3 is 6.18 Å². The molecule has 3 aromatic rings. The third-order valence-corrected chi connectivity index (χ3v) is 5.01. The lowest BCUT2D eigenvalue weighted by Gasteiger charge is -2.17. The molecule has 27 heavy (non-hydrogen) atoms. The number of hydrogen-bond acceptors (Lipinski definition) is 5. The molecule has 0 spiro atoms. The molecule has 0 aliphatic carbocycles. The lowest BCUT2D eigenvalue weighted by molar-refractivity contribution is -0.139. The average Bonchev–Trinajstić information content (AvgIpc) is 3.07. The predicted molar refractivity (Wildman–Crippen MR) is 95.8 cm³/mol. The Hall–Kier alpha value is -2.39. The second kappa shape index (κ2) is 7.69. The molecule has 1 N–H and O–H groups in total. The van der Waals surface area contributed by atoms with Crippen molar-refractivity contribution in [1.82, 2.24) is 20.2 Å². The number of tetrazole rings is 1. The molecule has 3 rings (SSSR count). The van der Waals surface area contributed by atoms with Crippen LogP contribution in [-0.2, 0) is 6.18 Å². The first-order chi connectivity index (χ1) is 12.8. The minimum atomic E-state index is -4.52. The summed E-state index contributed by atoms with van der Waals surface area (Å²) < 4.78 is 40.9. The zero-order valence-corrected chi connectivity index (χ0v) is 15.4. The molecule has 5 nitrogen and oxygen atoms in total. The number of thioether (sulfide) groups is 1. The van der Waals surface area contributed by atoms with Gasteiger partial charge in [0.2, 0.25) is 5.16 Å². The summed E-state index contributed by atoms with van der Waals surface area (Å²) in [6.45, 7) is 3.90. The van der Waals surface area contributed by atoms with Crippen molar-refractivity contribution in [3.63, 3.8) is 0 Å². The molecular formula is C18H17F3N4OS. The van der Waals surface area contributed by atoms with E-state index < -0.39 is 17.8 Å². The molecule has 0 fully saturated rings.